The van der Waals surface area contributed by atoms with E-state index in [1.165, 1.54) is 11.1 Å². The minimum Gasteiger partial charge on any atom is -0.392 e. The third-order valence-corrected chi connectivity index (χ3v) is 3.54. The third kappa shape index (κ3) is 3.89. The summed E-state index contributed by atoms with van der Waals surface area (Å²) in [6, 6.07) is 12.7. The van der Waals surface area contributed by atoms with Crippen molar-refractivity contribution in [1.29, 1.82) is 0 Å². The zero-order valence-electron chi connectivity index (χ0n) is 12.1. The first-order valence-electron chi connectivity index (χ1n) is 7.12. The number of nitrogens with zero attached hydrogens (tertiary/aromatic N) is 1. The maximum absolute atomic E-state index is 9.58. The van der Waals surface area contributed by atoms with Crippen molar-refractivity contribution in [2.45, 2.75) is 32.4 Å². The number of hydrogen-bond acceptors (Lipinski definition) is 3. The number of aliphatic hydroxyl groups excluding tert-OH is 1. The van der Waals surface area contributed by atoms with Crippen LogP contribution in [-0.4, -0.2) is 22.7 Å². The standard InChI is InChI=1S/C17H22N2O/c1-3-17(20)12-19-13(2)14-6-8-15(9-7-14)16-5-4-10-18-11-16/h4-11,13,17,19-20H,3,12H2,1-2H3/t13-,17+/m1/s1. The van der Waals surface area contributed by atoms with E-state index >= 15 is 0 Å². The molecule has 0 saturated heterocycles. The largest absolute Gasteiger partial charge is 0.392 e. The van der Waals surface area contributed by atoms with Crippen molar-refractivity contribution in [2.24, 2.45) is 0 Å². The van der Waals surface area contributed by atoms with E-state index in [9.17, 15) is 5.11 Å². The van der Waals surface area contributed by atoms with Gasteiger partial charge in [-0.15, -0.1) is 0 Å². The van der Waals surface area contributed by atoms with Crippen LogP contribution >= 0.6 is 0 Å². The summed E-state index contributed by atoms with van der Waals surface area (Å²) >= 11 is 0. The first-order valence-corrected chi connectivity index (χ1v) is 7.12. The van der Waals surface area contributed by atoms with Gasteiger partial charge in [-0.25, -0.2) is 0 Å². The number of aromatic nitrogens is 1. The number of benzene rings is 1. The Labute approximate surface area is 120 Å². The maximum atomic E-state index is 9.58. The van der Waals surface area contributed by atoms with Crippen LogP contribution in [0.3, 0.4) is 0 Å². The van der Waals surface area contributed by atoms with Crippen LogP contribution in [0.15, 0.2) is 48.8 Å². The van der Waals surface area contributed by atoms with Gasteiger partial charge in [0.15, 0.2) is 0 Å². The predicted molar refractivity (Wildman–Crippen MR) is 82.4 cm³/mol. The fourth-order valence-corrected chi connectivity index (χ4v) is 2.07. The summed E-state index contributed by atoms with van der Waals surface area (Å²) in [5, 5.41) is 12.9. The summed E-state index contributed by atoms with van der Waals surface area (Å²) in [6.07, 6.45) is 4.16. The number of rotatable bonds is 6. The van der Waals surface area contributed by atoms with E-state index in [0.29, 0.717) is 6.54 Å². The lowest BCUT2D eigenvalue weighted by molar-refractivity contribution is 0.164. The van der Waals surface area contributed by atoms with Crippen molar-refractivity contribution >= 4 is 0 Å². The highest BCUT2D eigenvalue weighted by molar-refractivity contribution is 5.62. The van der Waals surface area contributed by atoms with Crippen LogP contribution in [0.1, 0.15) is 31.9 Å². The Morgan fingerprint density at radius 1 is 1.15 bits per heavy atom. The lowest BCUT2D eigenvalue weighted by Gasteiger charge is -2.17. The van der Waals surface area contributed by atoms with Gasteiger partial charge in [-0.1, -0.05) is 37.3 Å². The van der Waals surface area contributed by atoms with E-state index in [1.807, 2.05) is 19.2 Å². The first kappa shape index (κ1) is 14.7. The summed E-state index contributed by atoms with van der Waals surface area (Å²) in [5.41, 5.74) is 3.52. The third-order valence-electron chi connectivity index (χ3n) is 3.54. The zero-order valence-corrected chi connectivity index (χ0v) is 12.1. The molecule has 0 bridgehead atoms. The number of hydrogen-bond donors (Lipinski definition) is 2. The molecule has 2 rings (SSSR count). The highest BCUT2D eigenvalue weighted by Gasteiger charge is 2.07. The molecule has 2 N–H and O–H groups in total. The average Bonchev–Trinajstić information content (AvgIpc) is 2.53. The molecule has 20 heavy (non-hydrogen) atoms. The van der Waals surface area contributed by atoms with Gasteiger partial charge in [0.05, 0.1) is 6.10 Å². The molecule has 106 valence electrons. The van der Waals surface area contributed by atoms with Crippen LogP contribution in [0.4, 0.5) is 0 Å². The molecule has 0 amide bonds. The van der Waals surface area contributed by atoms with Gasteiger partial charge in [0.2, 0.25) is 0 Å². The van der Waals surface area contributed by atoms with E-state index in [1.54, 1.807) is 6.20 Å². The highest BCUT2D eigenvalue weighted by Crippen LogP contribution is 2.21. The molecule has 0 unspecified atom stereocenters. The Bertz CT molecular complexity index is 510. The molecule has 0 spiro atoms. The molecular formula is C17H22N2O. The van der Waals surface area contributed by atoms with Crippen LogP contribution in [0.2, 0.25) is 0 Å². The molecule has 1 aromatic heterocycles. The SMILES string of the molecule is CC[C@H](O)CN[C@H](C)c1ccc(-c2cccnc2)cc1. The Balaban J connectivity index is 2.01. The van der Waals surface area contributed by atoms with Gasteiger partial charge in [-0.3, -0.25) is 4.98 Å². The van der Waals surface area contributed by atoms with Crippen LogP contribution in [0.25, 0.3) is 11.1 Å². The molecule has 2 atom stereocenters. The molecule has 0 aliphatic heterocycles. The Morgan fingerprint density at radius 3 is 2.50 bits per heavy atom. The Kier molecular flexibility index (Phi) is 5.27. The molecular weight excluding hydrogens is 248 g/mol. The summed E-state index contributed by atoms with van der Waals surface area (Å²) in [4.78, 5) is 4.14. The molecule has 1 aromatic carbocycles. The molecule has 0 radical (unpaired) electrons. The lowest BCUT2D eigenvalue weighted by Crippen LogP contribution is -2.28. The monoisotopic (exact) mass is 270 g/mol. The summed E-state index contributed by atoms with van der Waals surface area (Å²) < 4.78 is 0. The van der Waals surface area contributed by atoms with Crippen molar-refractivity contribution in [2.75, 3.05) is 6.54 Å². The molecule has 0 fully saturated rings. The number of aliphatic hydroxyl groups is 1. The van der Waals surface area contributed by atoms with Crippen molar-refractivity contribution in [3.8, 4) is 11.1 Å². The van der Waals surface area contributed by atoms with Crippen molar-refractivity contribution < 1.29 is 5.11 Å². The van der Waals surface area contributed by atoms with Crippen LogP contribution in [0, 0.1) is 0 Å². The summed E-state index contributed by atoms with van der Waals surface area (Å²) in [6.45, 7) is 4.73. The fourth-order valence-electron chi connectivity index (χ4n) is 2.07. The van der Waals surface area contributed by atoms with Gasteiger partial charge in [0.1, 0.15) is 0 Å². The second-order valence-electron chi connectivity index (χ2n) is 5.06. The Morgan fingerprint density at radius 2 is 1.90 bits per heavy atom. The molecule has 0 aliphatic carbocycles. The second-order valence-corrected chi connectivity index (χ2v) is 5.06. The van der Waals surface area contributed by atoms with Gasteiger partial charge in [-0.2, -0.15) is 0 Å². The summed E-state index contributed by atoms with van der Waals surface area (Å²) in [7, 11) is 0. The van der Waals surface area contributed by atoms with Gasteiger partial charge in [0.25, 0.3) is 0 Å². The van der Waals surface area contributed by atoms with E-state index < -0.39 is 0 Å². The summed E-state index contributed by atoms with van der Waals surface area (Å²) in [5.74, 6) is 0. The molecule has 1 heterocycles. The lowest BCUT2D eigenvalue weighted by atomic mass is 10.0. The van der Waals surface area contributed by atoms with Crippen LogP contribution < -0.4 is 5.32 Å². The minimum absolute atomic E-state index is 0.235. The van der Waals surface area contributed by atoms with E-state index in [-0.39, 0.29) is 12.1 Å². The maximum Gasteiger partial charge on any atom is 0.0662 e. The molecule has 3 nitrogen and oxygen atoms in total. The number of nitrogens with one attached hydrogen (secondary N) is 1. The number of pyridine rings is 1. The van der Waals surface area contributed by atoms with Crippen molar-refractivity contribution in [1.82, 2.24) is 10.3 Å². The smallest absolute Gasteiger partial charge is 0.0662 e. The minimum atomic E-state index is -0.271. The highest BCUT2D eigenvalue weighted by atomic mass is 16.3. The molecule has 2 aromatic rings. The predicted octanol–water partition coefficient (Wildman–Crippen LogP) is 3.17. The zero-order chi connectivity index (χ0) is 14.4. The fraction of sp³-hybridized carbons (Fsp3) is 0.353. The normalized spacial score (nSPS) is 13.9. The van der Waals surface area contributed by atoms with E-state index in [0.717, 1.165) is 12.0 Å². The first-order chi connectivity index (χ1) is 9.70. The second kappa shape index (κ2) is 7.17. The van der Waals surface area contributed by atoms with Gasteiger partial charge < -0.3 is 10.4 Å². The van der Waals surface area contributed by atoms with E-state index in [4.69, 9.17) is 0 Å². The topological polar surface area (TPSA) is 45.1 Å². The van der Waals surface area contributed by atoms with Crippen molar-refractivity contribution in [3.63, 3.8) is 0 Å². The van der Waals surface area contributed by atoms with E-state index in [2.05, 4.69) is 47.6 Å². The quantitative estimate of drug-likeness (QED) is 0.847. The Hall–Kier alpha value is -1.71. The van der Waals surface area contributed by atoms with Gasteiger partial charge in [0, 0.05) is 25.0 Å². The van der Waals surface area contributed by atoms with Crippen LogP contribution in [0.5, 0.6) is 0 Å². The van der Waals surface area contributed by atoms with Gasteiger partial charge >= 0.3 is 0 Å². The molecule has 0 aliphatic rings. The van der Waals surface area contributed by atoms with Gasteiger partial charge in [-0.05, 0) is 36.1 Å². The van der Waals surface area contributed by atoms with Crippen molar-refractivity contribution in [3.05, 3.63) is 54.4 Å². The average molecular weight is 270 g/mol. The van der Waals surface area contributed by atoms with Crippen LogP contribution in [-0.2, 0) is 0 Å². The molecule has 3 heteroatoms. The molecule has 0 saturated carbocycles.